The van der Waals surface area contributed by atoms with Crippen molar-refractivity contribution in [3.8, 4) is 0 Å². The summed E-state index contributed by atoms with van der Waals surface area (Å²) in [6.07, 6.45) is 8.12. The van der Waals surface area contributed by atoms with Crippen molar-refractivity contribution in [1.29, 1.82) is 0 Å². The van der Waals surface area contributed by atoms with E-state index < -0.39 is 53.0 Å². The van der Waals surface area contributed by atoms with Crippen LogP contribution >= 0.6 is 0 Å². The van der Waals surface area contributed by atoms with E-state index in [0.717, 1.165) is 57.8 Å². The summed E-state index contributed by atoms with van der Waals surface area (Å²) in [5.41, 5.74) is -2.25. The number of fused-ring (bicyclic) bond motifs is 7. The third kappa shape index (κ3) is 5.04. The van der Waals surface area contributed by atoms with Gasteiger partial charge in [-0.15, -0.1) is 0 Å². The molecule has 282 valence electrons. The van der Waals surface area contributed by atoms with Gasteiger partial charge >= 0.3 is 17.9 Å². The predicted molar refractivity (Wildman–Crippen MR) is 183 cm³/mol. The molecule has 4 unspecified atom stereocenters. The smallest absolute Gasteiger partial charge is 0.312 e. The summed E-state index contributed by atoms with van der Waals surface area (Å²) in [5, 5.41) is 21.6. The summed E-state index contributed by atoms with van der Waals surface area (Å²) in [6, 6.07) is -1.44. The second-order valence-corrected chi connectivity index (χ2v) is 19.9. The molecule has 50 heavy (non-hydrogen) atoms. The summed E-state index contributed by atoms with van der Waals surface area (Å²) in [5.74, 6) is -6.67. The second-order valence-electron chi connectivity index (χ2n) is 19.9. The van der Waals surface area contributed by atoms with Crippen molar-refractivity contribution in [1.82, 2.24) is 5.32 Å². The normalized spacial score (nSPS) is 46.0. The van der Waals surface area contributed by atoms with E-state index in [2.05, 4.69) is 46.9 Å². The summed E-state index contributed by atoms with van der Waals surface area (Å²) >= 11 is 0. The van der Waals surface area contributed by atoms with Gasteiger partial charge in [0.1, 0.15) is 6.10 Å². The van der Waals surface area contributed by atoms with E-state index in [9.17, 15) is 38.2 Å². The molecule has 0 spiro atoms. The van der Waals surface area contributed by atoms with Crippen LogP contribution in [0.15, 0.2) is 0 Å². The summed E-state index contributed by atoms with van der Waals surface area (Å²) in [7, 11) is 0. The molecule has 6 aliphatic carbocycles. The van der Waals surface area contributed by atoms with Crippen molar-refractivity contribution in [2.45, 2.75) is 163 Å². The average molecular weight is 706 g/mol. The number of alkyl halides is 2. The van der Waals surface area contributed by atoms with E-state index in [1.807, 2.05) is 0 Å². The number of carboxylic acid groups (broad SMARTS) is 2. The topological polar surface area (TPSA) is 130 Å². The summed E-state index contributed by atoms with van der Waals surface area (Å²) < 4.78 is 36.2. The fourth-order valence-corrected chi connectivity index (χ4v) is 14.0. The number of ether oxygens (including phenoxy) is 1. The van der Waals surface area contributed by atoms with E-state index in [0.29, 0.717) is 24.7 Å². The van der Waals surface area contributed by atoms with Crippen LogP contribution in [0, 0.1) is 61.6 Å². The molecule has 1 amide bonds. The highest BCUT2D eigenvalue weighted by atomic mass is 19.3. The van der Waals surface area contributed by atoms with Gasteiger partial charge in [0, 0.05) is 11.8 Å². The lowest BCUT2D eigenvalue weighted by Crippen LogP contribution is -2.71. The van der Waals surface area contributed by atoms with Gasteiger partial charge in [-0.05, 0) is 124 Å². The first kappa shape index (κ1) is 37.5. The summed E-state index contributed by atoms with van der Waals surface area (Å²) in [4.78, 5) is 50.5. The number of carbonyl (C=O) groups excluding carboxylic acids is 2. The standard InChI is InChI=1S/C40H61F2NO7/c1-33(2,22-29(44)45)32(49)50-28-13-15-36(6)26(34(28,3)4)12-17-37(7)35(5)18-19-39(14-9-10-25(39)24(35)11-16-38(36,37)8)31(48)43-27-20-23(30(46)47)21-40(27,41)42/h23-28H,9-22H2,1-8H3,(H,43,48)(H,44,45)(H,46,47)/t23?,24?,25?,26-,27?,28-,35+,36-,37-,38+,39-/m0/s1. The molecule has 0 aromatic carbocycles. The highest BCUT2D eigenvalue weighted by molar-refractivity contribution is 5.84. The van der Waals surface area contributed by atoms with Crippen LogP contribution < -0.4 is 5.32 Å². The molecule has 11 atom stereocenters. The quantitative estimate of drug-likeness (QED) is 0.228. The number of carbonyl (C=O) groups is 4. The zero-order chi connectivity index (χ0) is 37.1. The van der Waals surface area contributed by atoms with Crippen molar-refractivity contribution in [3.63, 3.8) is 0 Å². The molecule has 6 aliphatic rings. The largest absolute Gasteiger partial charge is 0.481 e. The number of nitrogens with one attached hydrogen (secondary N) is 1. The molecule has 0 saturated heterocycles. The first-order valence-corrected chi connectivity index (χ1v) is 19.3. The number of carboxylic acids is 2. The van der Waals surface area contributed by atoms with Gasteiger partial charge in [-0.3, -0.25) is 19.2 Å². The average Bonchev–Trinajstić information content (AvgIpc) is 3.57. The van der Waals surface area contributed by atoms with Crippen LogP contribution in [0.5, 0.6) is 0 Å². The van der Waals surface area contributed by atoms with Crippen molar-refractivity contribution in [2.75, 3.05) is 0 Å². The molecule has 8 nitrogen and oxygen atoms in total. The number of hydrogen-bond acceptors (Lipinski definition) is 5. The van der Waals surface area contributed by atoms with Crippen LogP contribution in [0.3, 0.4) is 0 Å². The van der Waals surface area contributed by atoms with Gasteiger partial charge in [-0.2, -0.15) is 0 Å². The molecule has 0 aromatic rings. The van der Waals surface area contributed by atoms with Gasteiger partial charge in [0.05, 0.1) is 29.2 Å². The lowest BCUT2D eigenvalue weighted by molar-refractivity contribution is -0.290. The third-order valence-electron chi connectivity index (χ3n) is 17.3. The SMILES string of the molecule is CC(C)(CC(=O)O)C(=O)O[C@H]1CC[C@@]2(C)[C@@H](CC[C@]3(C)[C@]2(C)CCC2C4CCC[C@]4(C(=O)NC4CC(C(=O)O)CC4(F)F)CC[C@]23C)C1(C)C. The van der Waals surface area contributed by atoms with Gasteiger partial charge in [0.2, 0.25) is 5.91 Å². The molecule has 10 heteroatoms. The Labute approximate surface area is 296 Å². The fourth-order valence-electron chi connectivity index (χ4n) is 14.0. The van der Waals surface area contributed by atoms with Crippen LogP contribution in [-0.4, -0.2) is 52.1 Å². The van der Waals surface area contributed by atoms with E-state index >= 15 is 0 Å². The minimum Gasteiger partial charge on any atom is -0.481 e. The Hall–Kier alpha value is -2.26. The van der Waals surface area contributed by atoms with Gasteiger partial charge in [-0.1, -0.05) is 48.0 Å². The van der Waals surface area contributed by atoms with Crippen molar-refractivity contribution in [2.24, 2.45) is 61.6 Å². The van der Waals surface area contributed by atoms with Crippen LogP contribution in [0.4, 0.5) is 8.78 Å². The van der Waals surface area contributed by atoms with E-state index in [4.69, 9.17) is 4.74 Å². The molecule has 0 bridgehead atoms. The molecule has 0 aromatic heterocycles. The Bertz CT molecular complexity index is 1450. The molecule has 6 saturated carbocycles. The van der Waals surface area contributed by atoms with Gasteiger partial charge in [0.25, 0.3) is 5.92 Å². The number of aliphatic carboxylic acids is 2. The maximum atomic E-state index is 15.0. The molecule has 6 rings (SSSR count). The molecule has 0 aliphatic heterocycles. The maximum Gasteiger partial charge on any atom is 0.312 e. The first-order valence-electron chi connectivity index (χ1n) is 19.3. The van der Waals surface area contributed by atoms with Crippen LogP contribution in [0.25, 0.3) is 0 Å². The monoisotopic (exact) mass is 705 g/mol. The third-order valence-corrected chi connectivity index (χ3v) is 17.3. The Balaban J connectivity index is 1.24. The number of rotatable bonds is 7. The van der Waals surface area contributed by atoms with Crippen LogP contribution in [0.1, 0.15) is 145 Å². The number of amides is 1. The molecule has 6 fully saturated rings. The zero-order valence-corrected chi connectivity index (χ0v) is 31.6. The predicted octanol–water partition coefficient (Wildman–Crippen LogP) is 8.26. The van der Waals surface area contributed by atoms with E-state index in [1.165, 1.54) is 0 Å². The maximum absolute atomic E-state index is 15.0. The Morgan fingerprint density at radius 1 is 0.800 bits per heavy atom. The molecular formula is C40H61F2NO7. The molecule has 0 heterocycles. The van der Waals surface area contributed by atoms with Crippen molar-refractivity contribution < 1.29 is 42.9 Å². The Morgan fingerprint density at radius 2 is 1.44 bits per heavy atom. The zero-order valence-electron chi connectivity index (χ0n) is 31.6. The summed E-state index contributed by atoms with van der Waals surface area (Å²) in [6.45, 7) is 17.7. The van der Waals surface area contributed by atoms with Gasteiger partial charge < -0.3 is 20.3 Å². The second kappa shape index (κ2) is 11.6. The van der Waals surface area contributed by atoms with E-state index in [-0.39, 0.29) is 57.8 Å². The van der Waals surface area contributed by atoms with Crippen LogP contribution in [0.2, 0.25) is 0 Å². The molecular weight excluding hydrogens is 644 g/mol. The highest BCUT2D eigenvalue weighted by Gasteiger charge is 2.75. The molecule has 0 radical (unpaired) electrons. The minimum absolute atomic E-state index is 0.0262. The number of halogens is 2. The van der Waals surface area contributed by atoms with Gasteiger partial charge in [0.15, 0.2) is 0 Å². The number of esters is 1. The minimum atomic E-state index is -3.24. The van der Waals surface area contributed by atoms with Crippen LogP contribution in [-0.2, 0) is 23.9 Å². The lowest BCUT2D eigenvalue weighted by atomic mass is 9.28. The molecule has 3 N–H and O–H groups in total. The van der Waals surface area contributed by atoms with E-state index in [1.54, 1.807) is 13.8 Å². The highest BCUT2D eigenvalue weighted by Crippen LogP contribution is 2.81. The lowest BCUT2D eigenvalue weighted by Gasteiger charge is -2.77. The Kier molecular flexibility index (Phi) is 8.71. The Morgan fingerprint density at radius 3 is 2.06 bits per heavy atom. The van der Waals surface area contributed by atoms with Crippen molar-refractivity contribution in [3.05, 3.63) is 0 Å². The van der Waals surface area contributed by atoms with Crippen molar-refractivity contribution >= 4 is 23.8 Å². The number of hydrogen-bond donors (Lipinski definition) is 3. The first-order chi connectivity index (χ1) is 22.9. The fraction of sp³-hybridized carbons (Fsp3) is 0.900. The van der Waals surface area contributed by atoms with Gasteiger partial charge in [-0.25, -0.2) is 8.78 Å².